The van der Waals surface area contributed by atoms with Crippen LogP contribution in [0.1, 0.15) is 11.3 Å². The molecule has 2 rings (SSSR count). The smallest absolute Gasteiger partial charge is 0.308 e. The topological polar surface area (TPSA) is 34.9 Å². The summed E-state index contributed by atoms with van der Waals surface area (Å²) >= 11 is 0. The zero-order chi connectivity index (χ0) is 15.3. The van der Waals surface area contributed by atoms with Gasteiger partial charge in [0.05, 0.1) is 16.6 Å². The zero-order valence-electron chi connectivity index (χ0n) is 9.80. The van der Waals surface area contributed by atoms with E-state index in [1.54, 1.807) is 0 Å². The Balaban J connectivity index is 2.83. The number of halogens is 6. The maximum absolute atomic E-state index is 12.6. The highest BCUT2D eigenvalue weighted by Crippen LogP contribution is 2.31. The maximum Gasteiger partial charge on any atom is 0.438 e. The van der Waals surface area contributed by atoms with Crippen LogP contribution in [0.25, 0.3) is 11.0 Å². The third-order valence-electron chi connectivity index (χ3n) is 2.67. The summed E-state index contributed by atoms with van der Waals surface area (Å²) in [6.45, 7) is 0. The van der Waals surface area contributed by atoms with Crippen molar-refractivity contribution in [2.75, 3.05) is 0 Å². The van der Waals surface area contributed by atoms with E-state index in [1.807, 2.05) is 0 Å². The summed E-state index contributed by atoms with van der Waals surface area (Å²) in [4.78, 5) is 14.5. The van der Waals surface area contributed by atoms with E-state index in [-0.39, 0.29) is 5.52 Å². The summed E-state index contributed by atoms with van der Waals surface area (Å²) in [5, 5.41) is 0. The second-order valence-corrected chi connectivity index (χ2v) is 4.02. The number of fused-ring (bicyclic) bond motifs is 1. The predicted molar refractivity (Wildman–Crippen MR) is 57.0 cm³/mol. The Labute approximate surface area is 107 Å². The summed E-state index contributed by atoms with van der Waals surface area (Å²) in [6, 6.07) is 2.06. The van der Waals surface area contributed by atoms with E-state index in [0.29, 0.717) is 16.7 Å². The number of aryl methyl sites for hydroxylation is 1. The molecular formula is C11H6F6N2O. The molecule has 1 heterocycles. The van der Waals surface area contributed by atoms with E-state index in [4.69, 9.17) is 0 Å². The normalized spacial score (nSPS) is 12.9. The molecule has 0 radical (unpaired) electrons. The predicted octanol–water partition coefficient (Wildman–Crippen LogP) is 2.97. The lowest BCUT2D eigenvalue weighted by Gasteiger charge is -2.12. The molecule has 0 fully saturated rings. The number of hydrogen-bond donors (Lipinski definition) is 0. The van der Waals surface area contributed by atoms with Gasteiger partial charge in [-0.3, -0.25) is 4.79 Å². The summed E-state index contributed by atoms with van der Waals surface area (Å²) in [5.41, 5.74) is -4.95. The van der Waals surface area contributed by atoms with E-state index >= 15 is 0 Å². The Morgan fingerprint density at radius 3 is 2.15 bits per heavy atom. The molecule has 1 aromatic heterocycles. The molecule has 9 heteroatoms. The molecule has 1 aromatic carbocycles. The first-order valence-electron chi connectivity index (χ1n) is 5.17. The first-order chi connectivity index (χ1) is 9.01. The first kappa shape index (κ1) is 14.4. The summed E-state index contributed by atoms with van der Waals surface area (Å²) in [7, 11) is 1.04. The van der Waals surface area contributed by atoms with Gasteiger partial charge in [0, 0.05) is 7.05 Å². The average Bonchev–Trinajstić information content (AvgIpc) is 2.30. The largest absolute Gasteiger partial charge is 0.438 e. The number of nitrogens with zero attached hydrogens (tertiary/aromatic N) is 2. The molecule has 0 N–H and O–H groups in total. The Hall–Kier alpha value is -2.06. The lowest BCUT2D eigenvalue weighted by atomic mass is 10.2. The maximum atomic E-state index is 12.6. The lowest BCUT2D eigenvalue weighted by Crippen LogP contribution is -2.29. The highest BCUT2D eigenvalue weighted by atomic mass is 19.4. The molecule has 20 heavy (non-hydrogen) atoms. The van der Waals surface area contributed by atoms with Crippen molar-refractivity contribution in [1.29, 1.82) is 0 Å². The van der Waals surface area contributed by atoms with Crippen molar-refractivity contribution < 1.29 is 26.3 Å². The van der Waals surface area contributed by atoms with Crippen LogP contribution in [0.5, 0.6) is 0 Å². The summed E-state index contributed by atoms with van der Waals surface area (Å²) < 4.78 is 75.9. The first-order valence-corrected chi connectivity index (χ1v) is 5.17. The van der Waals surface area contributed by atoms with Crippen LogP contribution in [-0.2, 0) is 19.4 Å². The molecule has 0 aliphatic heterocycles. The fraction of sp³-hybridized carbons (Fsp3) is 0.273. The lowest BCUT2D eigenvalue weighted by molar-refractivity contribution is -0.142. The van der Waals surface area contributed by atoms with Crippen molar-refractivity contribution in [3.8, 4) is 0 Å². The van der Waals surface area contributed by atoms with E-state index < -0.39 is 34.7 Å². The van der Waals surface area contributed by atoms with Gasteiger partial charge in [0.25, 0.3) is 5.56 Å². The van der Waals surface area contributed by atoms with Gasteiger partial charge in [0.2, 0.25) is 5.69 Å². The van der Waals surface area contributed by atoms with Gasteiger partial charge in [-0.2, -0.15) is 26.3 Å². The van der Waals surface area contributed by atoms with Crippen molar-refractivity contribution in [2.45, 2.75) is 12.4 Å². The second kappa shape index (κ2) is 4.22. The molecule has 0 bridgehead atoms. The zero-order valence-corrected chi connectivity index (χ0v) is 9.80. The van der Waals surface area contributed by atoms with Crippen molar-refractivity contribution in [1.82, 2.24) is 9.55 Å². The number of rotatable bonds is 0. The number of alkyl halides is 6. The Morgan fingerprint density at radius 1 is 1.05 bits per heavy atom. The Bertz CT molecular complexity index is 728. The highest BCUT2D eigenvalue weighted by molar-refractivity contribution is 5.75. The molecule has 0 atom stereocenters. The Morgan fingerprint density at radius 2 is 1.65 bits per heavy atom. The van der Waals surface area contributed by atoms with Gasteiger partial charge in [-0.05, 0) is 18.2 Å². The minimum absolute atomic E-state index is 0.115. The molecule has 0 amide bonds. The number of benzene rings is 1. The van der Waals surface area contributed by atoms with Crippen LogP contribution in [0.2, 0.25) is 0 Å². The van der Waals surface area contributed by atoms with Gasteiger partial charge in [-0.25, -0.2) is 4.98 Å². The fourth-order valence-electron chi connectivity index (χ4n) is 1.69. The van der Waals surface area contributed by atoms with Crippen LogP contribution in [0.3, 0.4) is 0 Å². The van der Waals surface area contributed by atoms with Crippen molar-refractivity contribution in [3.05, 3.63) is 39.8 Å². The molecule has 0 saturated heterocycles. The standard InChI is InChI=1S/C11H6F6N2O/c1-19-7-3-2-5(10(12,13)14)4-6(7)18-8(9(19)20)11(15,16)17/h2-4H,1H3. The van der Waals surface area contributed by atoms with E-state index in [1.165, 1.54) is 0 Å². The van der Waals surface area contributed by atoms with Gasteiger partial charge < -0.3 is 4.57 Å². The second-order valence-electron chi connectivity index (χ2n) is 4.02. The van der Waals surface area contributed by atoms with Crippen LogP contribution in [0, 0.1) is 0 Å². The van der Waals surface area contributed by atoms with Crippen molar-refractivity contribution in [3.63, 3.8) is 0 Å². The quantitative estimate of drug-likeness (QED) is 0.701. The summed E-state index contributed by atoms with van der Waals surface area (Å²) in [5.74, 6) is 0. The molecule has 0 saturated carbocycles. The third-order valence-corrected chi connectivity index (χ3v) is 2.67. The van der Waals surface area contributed by atoms with E-state index in [9.17, 15) is 31.1 Å². The number of aromatic nitrogens is 2. The van der Waals surface area contributed by atoms with Gasteiger partial charge in [0.1, 0.15) is 0 Å². The minimum Gasteiger partial charge on any atom is -0.308 e. The van der Waals surface area contributed by atoms with E-state index in [2.05, 4.69) is 4.98 Å². The van der Waals surface area contributed by atoms with Crippen molar-refractivity contribution >= 4 is 11.0 Å². The SMILES string of the molecule is Cn1c(=O)c(C(F)(F)F)nc2cc(C(F)(F)F)ccc21. The van der Waals surface area contributed by atoms with Crippen LogP contribution in [0.15, 0.2) is 23.0 Å². The minimum atomic E-state index is -5.03. The van der Waals surface area contributed by atoms with Crippen LogP contribution < -0.4 is 5.56 Å². The van der Waals surface area contributed by atoms with Gasteiger partial charge >= 0.3 is 12.4 Å². The fourth-order valence-corrected chi connectivity index (χ4v) is 1.69. The van der Waals surface area contributed by atoms with Crippen LogP contribution in [0.4, 0.5) is 26.3 Å². The molecular weight excluding hydrogens is 290 g/mol. The molecule has 2 aromatic rings. The molecule has 0 spiro atoms. The van der Waals surface area contributed by atoms with E-state index in [0.717, 1.165) is 13.1 Å². The van der Waals surface area contributed by atoms with Crippen LogP contribution >= 0.6 is 0 Å². The van der Waals surface area contributed by atoms with Gasteiger partial charge in [0.15, 0.2) is 0 Å². The monoisotopic (exact) mass is 296 g/mol. The summed E-state index contributed by atoms with van der Waals surface area (Å²) in [6.07, 6.45) is -9.74. The number of hydrogen-bond acceptors (Lipinski definition) is 2. The molecule has 0 aliphatic rings. The highest BCUT2D eigenvalue weighted by Gasteiger charge is 2.37. The molecule has 0 aliphatic carbocycles. The van der Waals surface area contributed by atoms with Gasteiger partial charge in [-0.15, -0.1) is 0 Å². The van der Waals surface area contributed by atoms with Crippen molar-refractivity contribution in [2.24, 2.45) is 7.05 Å². The third kappa shape index (κ3) is 2.35. The Kier molecular flexibility index (Phi) is 3.03. The molecule has 3 nitrogen and oxygen atoms in total. The van der Waals surface area contributed by atoms with Gasteiger partial charge in [-0.1, -0.05) is 0 Å². The molecule has 108 valence electrons. The molecule has 0 unspecified atom stereocenters. The average molecular weight is 296 g/mol. The van der Waals surface area contributed by atoms with Crippen LogP contribution in [-0.4, -0.2) is 9.55 Å².